The summed E-state index contributed by atoms with van der Waals surface area (Å²) in [4.78, 5) is 10.5. The summed E-state index contributed by atoms with van der Waals surface area (Å²) in [5.41, 5.74) is 5.79. The van der Waals surface area contributed by atoms with Crippen molar-refractivity contribution >= 4 is 27.6 Å². The van der Waals surface area contributed by atoms with Crippen molar-refractivity contribution in [2.45, 2.75) is 38.6 Å². The SMILES string of the molecule is CC1CCCC(N(C)c2ncnc(N)c2Br)C1. The van der Waals surface area contributed by atoms with Crippen LogP contribution in [0.2, 0.25) is 0 Å². The van der Waals surface area contributed by atoms with Crippen molar-refractivity contribution in [1.29, 1.82) is 0 Å². The van der Waals surface area contributed by atoms with E-state index in [9.17, 15) is 0 Å². The van der Waals surface area contributed by atoms with Crippen LogP contribution in [0, 0.1) is 5.92 Å². The number of halogens is 1. The number of hydrogen-bond acceptors (Lipinski definition) is 4. The molecule has 0 spiro atoms. The van der Waals surface area contributed by atoms with Gasteiger partial charge in [0.15, 0.2) is 0 Å². The molecule has 1 saturated carbocycles. The van der Waals surface area contributed by atoms with E-state index < -0.39 is 0 Å². The van der Waals surface area contributed by atoms with Gasteiger partial charge in [-0.3, -0.25) is 0 Å². The highest BCUT2D eigenvalue weighted by molar-refractivity contribution is 9.10. The van der Waals surface area contributed by atoms with Crippen LogP contribution in [-0.4, -0.2) is 23.1 Å². The maximum Gasteiger partial charge on any atom is 0.148 e. The van der Waals surface area contributed by atoms with Gasteiger partial charge in [-0.15, -0.1) is 0 Å². The quantitative estimate of drug-likeness (QED) is 0.912. The van der Waals surface area contributed by atoms with Crippen molar-refractivity contribution in [2.75, 3.05) is 17.7 Å². The Bertz CT molecular complexity index is 396. The second kappa shape index (κ2) is 5.21. The van der Waals surface area contributed by atoms with E-state index in [1.54, 1.807) is 0 Å². The zero-order valence-electron chi connectivity index (χ0n) is 10.4. The Balaban J connectivity index is 2.18. The van der Waals surface area contributed by atoms with E-state index in [4.69, 9.17) is 5.73 Å². The fourth-order valence-electron chi connectivity index (χ4n) is 2.55. The number of nitrogens with two attached hydrogens (primary N) is 1. The topological polar surface area (TPSA) is 55.0 Å². The van der Waals surface area contributed by atoms with E-state index in [-0.39, 0.29) is 0 Å². The summed E-state index contributed by atoms with van der Waals surface area (Å²) in [6.07, 6.45) is 6.63. The number of hydrogen-bond donors (Lipinski definition) is 1. The van der Waals surface area contributed by atoms with Gasteiger partial charge in [0.2, 0.25) is 0 Å². The number of aromatic nitrogens is 2. The Morgan fingerprint density at radius 1 is 1.41 bits per heavy atom. The highest BCUT2D eigenvalue weighted by Crippen LogP contribution is 2.33. The fraction of sp³-hybridized carbons (Fsp3) is 0.667. The molecule has 5 heteroatoms. The van der Waals surface area contributed by atoms with Crippen LogP contribution < -0.4 is 10.6 Å². The van der Waals surface area contributed by atoms with Crippen LogP contribution in [0.1, 0.15) is 32.6 Å². The van der Waals surface area contributed by atoms with Gasteiger partial charge in [0.25, 0.3) is 0 Å². The molecule has 1 aromatic heterocycles. The second-order valence-electron chi connectivity index (χ2n) is 4.93. The van der Waals surface area contributed by atoms with Crippen molar-refractivity contribution in [3.05, 3.63) is 10.8 Å². The Labute approximate surface area is 111 Å². The molecule has 1 aromatic rings. The van der Waals surface area contributed by atoms with E-state index in [0.29, 0.717) is 11.9 Å². The molecule has 0 aliphatic heterocycles. The molecule has 1 fully saturated rings. The Morgan fingerprint density at radius 2 is 2.18 bits per heavy atom. The summed E-state index contributed by atoms with van der Waals surface area (Å²) in [6, 6.07) is 0.560. The molecule has 94 valence electrons. The molecule has 1 aliphatic rings. The molecule has 2 N–H and O–H groups in total. The first-order chi connectivity index (χ1) is 8.09. The van der Waals surface area contributed by atoms with Gasteiger partial charge >= 0.3 is 0 Å². The Hall–Kier alpha value is -0.840. The van der Waals surface area contributed by atoms with Crippen LogP contribution in [0.5, 0.6) is 0 Å². The average Bonchev–Trinajstić information content (AvgIpc) is 2.32. The normalized spacial score (nSPS) is 24.6. The van der Waals surface area contributed by atoms with Gasteiger partial charge in [0.1, 0.15) is 22.4 Å². The van der Waals surface area contributed by atoms with E-state index in [2.05, 4.69) is 44.8 Å². The third-order valence-corrected chi connectivity index (χ3v) is 4.35. The molecule has 0 amide bonds. The minimum absolute atomic E-state index is 0.505. The van der Waals surface area contributed by atoms with Gasteiger partial charge in [0.05, 0.1) is 0 Å². The summed E-state index contributed by atoms with van der Waals surface area (Å²) in [7, 11) is 2.09. The Morgan fingerprint density at radius 3 is 2.88 bits per heavy atom. The van der Waals surface area contributed by atoms with E-state index >= 15 is 0 Å². The van der Waals surface area contributed by atoms with Gasteiger partial charge < -0.3 is 10.6 Å². The molecular weight excluding hydrogens is 280 g/mol. The van der Waals surface area contributed by atoms with E-state index in [0.717, 1.165) is 16.2 Å². The largest absolute Gasteiger partial charge is 0.383 e. The van der Waals surface area contributed by atoms with Crippen LogP contribution in [-0.2, 0) is 0 Å². The first kappa shape index (κ1) is 12.6. The fourth-order valence-corrected chi connectivity index (χ4v) is 3.03. The molecule has 2 atom stereocenters. The highest BCUT2D eigenvalue weighted by Gasteiger charge is 2.24. The molecule has 0 bridgehead atoms. The van der Waals surface area contributed by atoms with Gasteiger partial charge in [-0.25, -0.2) is 9.97 Å². The lowest BCUT2D eigenvalue weighted by Gasteiger charge is -2.35. The van der Waals surface area contributed by atoms with Crippen molar-refractivity contribution in [2.24, 2.45) is 5.92 Å². The molecule has 1 aliphatic carbocycles. The minimum atomic E-state index is 0.505. The zero-order valence-corrected chi connectivity index (χ0v) is 11.9. The average molecular weight is 299 g/mol. The van der Waals surface area contributed by atoms with Crippen molar-refractivity contribution in [3.63, 3.8) is 0 Å². The predicted octanol–water partition coefficient (Wildman–Crippen LogP) is 2.84. The lowest BCUT2D eigenvalue weighted by Crippen LogP contribution is -2.36. The predicted molar refractivity (Wildman–Crippen MR) is 74.0 cm³/mol. The first-order valence-electron chi connectivity index (χ1n) is 6.08. The maximum atomic E-state index is 5.79. The number of nitrogen functional groups attached to an aromatic ring is 1. The van der Waals surface area contributed by atoms with Gasteiger partial charge in [-0.1, -0.05) is 19.8 Å². The molecule has 2 rings (SSSR count). The van der Waals surface area contributed by atoms with Gasteiger partial charge in [0, 0.05) is 13.1 Å². The van der Waals surface area contributed by atoms with Crippen LogP contribution in [0.4, 0.5) is 11.6 Å². The van der Waals surface area contributed by atoms with Crippen LogP contribution in [0.25, 0.3) is 0 Å². The van der Waals surface area contributed by atoms with Crippen molar-refractivity contribution in [1.82, 2.24) is 9.97 Å². The van der Waals surface area contributed by atoms with Crippen LogP contribution in [0.15, 0.2) is 10.8 Å². The van der Waals surface area contributed by atoms with E-state index in [1.165, 1.54) is 32.0 Å². The third-order valence-electron chi connectivity index (χ3n) is 3.59. The molecule has 2 unspecified atom stereocenters. The van der Waals surface area contributed by atoms with Gasteiger partial charge in [-0.05, 0) is 34.7 Å². The van der Waals surface area contributed by atoms with Crippen molar-refractivity contribution in [3.8, 4) is 0 Å². The lowest BCUT2D eigenvalue weighted by atomic mass is 9.86. The van der Waals surface area contributed by atoms with Crippen LogP contribution in [0.3, 0.4) is 0 Å². The smallest absolute Gasteiger partial charge is 0.148 e. The lowest BCUT2D eigenvalue weighted by molar-refractivity contribution is 0.335. The third kappa shape index (κ3) is 2.70. The number of rotatable bonds is 2. The van der Waals surface area contributed by atoms with Crippen molar-refractivity contribution < 1.29 is 0 Å². The second-order valence-corrected chi connectivity index (χ2v) is 5.73. The Kier molecular flexibility index (Phi) is 3.86. The summed E-state index contributed by atoms with van der Waals surface area (Å²) in [6.45, 7) is 2.32. The van der Waals surface area contributed by atoms with Crippen LogP contribution >= 0.6 is 15.9 Å². The van der Waals surface area contributed by atoms with Gasteiger partial charge in [-0.2, -0.15) is 0 Å². The monoisotopic (exact) mass is 298 g/mol. The zero-order chi connectivity index (χ0) is 12.4. The molecular formula is C12H19BrN4. The molecule has 0 aromatic carbocycles. The number of nitrogens with zero attached hydrogens (tertiary/aromatic N) is 3. The molecule has 0 radical (unpaired) electrons. The molecule has 4 nitrogen and oxygen atoms in total. The first-order valence-corrected chi connectivity index (χ1v) is 6.87. The number of anilines is 2. The summed E-state index contributed by atoms with van der Waals surface area (Å²) in [5.74, 6) is 2.21. The molecule has 17 heavy (non-hydrogen) atoms. The summed E-state index contributed by atoms with van der Waals surface area (Å²) in [5, 5.41) is 0. The summed E-state index contributed by atoms with van der Waals surface area (Å²) < 4.78 is 0.806. The maximum absolute atomic E-state index is 5.79. The molecule has 0 saturated heterocycles. The summed E-state index contributed by atoms with van der Waals surface area (Å²) >= 11 is 3.47. The molecule has 1 heterocycles. The standard InChI is InChI=1S/C12H19BrN4/c1-8-4-3-5-9(6-8)17(2)12-10(13)11(14)15-7-16-12/h7-9H,3-6H2,1-2H3,(H2,14,15,16). The van der Waals surface area contributed by atoms with E-state index in [1.807, 2.05) is 0 Å². The minimum Gasteiger partial charge on any atom is -0.383 e. The highest BCUT2D eigenvalue weighted by atomic mass is 79.9.